The molecule has 1 fully saturated rings. The molecule has 172 valence electrons. The smallest absolute Gasteiger partial charge is 0.372 e. The molecule has 2 rings (SSSR count). The number of carbonyl (C=O) groups excluding carboxylic acids is 3. The van der Waals surface area contributed by atoms with E-state index in [1.54, 1.807) is 23.1 Å². The Bertz CT molecular complexity index is 759. The van der Waals surface area contributed by atoms with E-state index in [1.807, 2.05) is 0 Å². The maximum absolute atomic E-state index is 12.9. The standard InChI is InChI=1S/C20H27F3N4O4/c1-14(28)24-17-10-16(11-18(12-17)25-15(2)29)19(30)27-7-5-26(6-8-27)4-3-9-31-13-20(21,22)23/h10-12H,3-9,13H2,1-2H3,(H,24,28)(H,25,29). The van der Waals surface area contributed by atoms with Crippen LogP contribution in [-0.4, -0.2) is 79.6 Å². The van der Waals surface area contributed by atoms with Gasteiger partial charge in [-0.15, -0.1) is 0 Å². The van der Waals surface area contributed by atoms with Gasteiger partial charge in [-0.2, -0.15) is 13.2 Å². The van der Waals surface area contributed by atoms with Crippen LogP contribution in [0.3, 0.4) is 0 Å². The Morgan fingerprint density at radius 3 is 2.00 bits per heavy atom. The van der Waals surface area contributed by atoms with E-state index in [1.165, 1.54) is 13.8 Å². The highest BCUT2D eigenvalue weighted by Crippen LogP contribution is 2.21. The molecule has 1 aromatic carbocycles. The lowest BCUT2D eigenvalue weighted by Crippen LogP contribution is -2.49. The van der Waals surface area contributed by atoms with Crippen molar-refractivity contribution in [3.63, 3.8) is 0 Å². The molecule has 1 saturated heterocycles. The lowest BCUT2D eigenvalue weighted by molar-refractivity contribution is -0.174. The zero-order valence-corrected chi connectivity index (χ0v) is 17.6. The molecule has 0 atom stereocenters. The summed E-state index contributed by atoms with van der Waals surface area (Å²) in [5, 5.41) is 5.23. The van der Waals surface area contributed by atoms with Gasteiger partial charge in [0.1, 0.15) is 6.61 Å². The number of nitrogens with one attached hydrogen (secondary N) is 2. The number of hydrogen-bond donors (Lipinski definition) is 2. The van der Waals surface area contributed by atoms with Crippen molar-refractivity contribution < 1.29 is 32.3 Å². The van der Waals surface area contributed by atoms with Crippen LogP contribution in [0.15, 0.2) is 18.2 Å². The minimum absolute atomic E-state index is 0.0283. The SMILES string of the molecule is CC(=O)Nc1cc(NC(C)=O)cc(C(=O)N2CCN(CCCOCC(F)(F)F)CC2)c1. The molecule has 0 spiro atoms. The Labute approximate surface area is 178 Å². The van der Waals surface area contributed by atoms with E-state index >= 15 is 0 Å². The summed E-state index contributed by atoms with van der Waals surface area (Å²) in [7, 11) is 0. The van der Waals surface area contributed by atoms with Gasteiger partial charge in [0.15, 0.2) is 0 Å². The van der Waals surface area contributed by atoms with E-state index in [-0.39, 0.29) is 24.3 Å². The van der Waals surface area contributed by atoms with Crippen LogP contribution in [0.5, 0.6) is 0 Å². The number of benzene rings is 1. The first-order chi connectivity index (χ1) is 14.5. The number of carbonyl (C=O) groups is 3. The van der Waals surface area contributed by atoms with Crippen molar-refractivity contribution in [1.82, 2.24) is 9.80 Å². The van der Waals surface area contributed by atoms with E-state index in [9.17, 15) is 27.6 Å². The third-order valence-electron chi connectivity index (χ3n) is 4.51. The lowest BCUT2D eigenvalue weighted by Gasteiger charge is -2.34. The van der Waals surface area contributed by atoms with Gasteiger partial charge in [-0.3, -0.25) is 19.3 Å². The third-order valence-corrected chi connectivity index (χ3v) is 4.51. The molecule has 8 nitrogen and oxygen atoms in total. The number of piperazine rings is 1. The second-order valence-electron chi connectivity index (χ2n) is 7.32. The minimum atomic E-state index is -4.32. The molecule has 0 aromatic heterocycles. The molecule has 1 aliphatic rings. The Morgan fingerprint density at radius 1 is 0.968 bits per heavy atom. The highest BCUT2D eigenvalue weighted by atomic mass is 19.4. The third kappa shape index (κ3) is 8.93. The predicted molar refractivity (Wildman–Crippen MR) is 109 cm³/mol. The zero-order valence-electron chi connectivity index (χ0n) is 17.6. The van der Waals surface area contributed by atoms with Crippen molar-refractivity contribution in [3.8, 4) is 0 Å². The maximum Gasteiger partial charge on any atom is 0.411 e. The first-order valence-corrected chi connectivity index (χ1v) is 9.90. The van der Waals surface area contributed by atoms with Crippen LogP contribution in [0.4, 0.5) is 24.5 Å². The predicted octanol–water partition coefficient (Wildman–Crippen LogP) is 2.33. The van der Waals surface area contributed by atoms with Crippen LogP contribution >= 0.6 is 0 Å². The van der Waals surface area contributed by atoms with E-state index in [0.717, 1.165) is 0 Å². The van der Waals surface area contributed by atoms with Gasteiger partial charge in [0.25, 0.3) is 5.91 Å². The largest absolute Gasteiger partial charge is 0.411 e. The quantitative estimate of drug-likeness (QED) is 0.601. The van der Waals surface area contributed by atoms with Crippen LogP contribution in [0, 0.1) is 0 Å². The highest BCUT2D eigenvalue weighted by molar-refractivity contribution is 6.00. The van der Waals surface area contributed by atoms with Gasteiger partial charge in [0.05, 0.1) is 0 Å². The molecule has 3 amide bonds. The van der Waals surface area contributed by atoms with Gasteiger partial charge in [-0.05, 0) is 24.6 Å². The van der Waals surface area contributed by atoms with Crippen molar-refractivity contribution >= 4 is 29.1 Å². The molecular formula is C20H27F3N4O4. The summed E-state index contributed by atoms with van der Waals surface area (Å²) in [4.78, 5) is 39.4. The number of amides is 3. The van der Waals surface area contributed by atoms with E-state index < -0.39 is 12.8 Å². The van der Waals surface area contributed by atoms with Gasteiger partial charge in [0.2, 0.25) is 11.8 Å². The summed E-state index contributed by atoms with van der Waals surface area (Å²) < 4.78 is 40.8. The average molecular weight is 444 g/mol. The molecule has 1 aromatic rings. The van der Waals surface area contributed by atoms with Crippen LogP contribution < -0.4 is 10.6 Å². The Balaban J connectivity index is 1.89. The fourth-order valence-electron chi connectivity index (χ4n) is 3.24. The summed E-state index contributed by atoms with van der Waals surface area (Å²) >= 11 is 0. The maximum atomic E-state index is 12.9. The fraction of sp³-hybridized carbons (Fsp3) is 0.550. The molecule has 0 radical (unpaired) electrons. The second-order valence-corrected chi connectivity index (χ2v) is 7.32. The molecule has 1 heterocycles. The van der Waals surface area contributed by atoms with E-state index in [4.69, 9.17) is 0 Å². The fourth-order valence-corrected chi connectivity index (χ4v) is 3.24. The summed E-state index contributed by atoms with van der Waals surface area (Å²) in [6.07, 6.45) is -3.84. The Kier molecular flexibility index (Phi) is 8.81. The summed E-state index contributed by atoms with van der Waals surface area (Å²) in [6, 6.07) is 4.68. The van der Waals surface area contributed by atoms with E-state index in [0.29, 0.717) is 56.1 Å². The van der Waals surface area contributed by atoms with E-state index in [2.05, 4.69) is 20.3 Å². The first-order valence-electron chi connectivity index (χ1n) is 9.90. The number of rotatable bonds is 8. The van der Waals surface area contributed by atoms with Gasteiger partial charge >= 0.3 is 6.18 Å². The molecule has 0 bridgehead atoms. The van der Waals surface area contributed by atoms with Crippen LogP contribution in [0.25, 0.3) is 0 Å². The minimum Gasteiger partial charge on any atom is -0.372 e. The zero-order chi connectivity index (χ0) is 23.0. The average Bonchev–Trinajstić information content (AvgIpc) is 2.65. The molecule has 0 saturated carbocycles. The van der Waals surface area contributed by atoms with Gasteiger partial charge in [-0.25, -0.2) is 0 Å². The topological polar surface area (TPSA) is 91.0 Å². The number of hydrogen-bond acceptors (Lipinski definition) is 5. The summed E-state index contributed by atoms with van der Waals surface area (Å²) in [5.41, 5.74) is 1.14. The van der Waals surface area contributed by atoms with Crippen molar-refractivity contribution in [2.75, 3.05) is 56.6 Å². The molecule has 0 unspecified atom stereocenters. The molecule has 0 aliphatic carbocycles. The van der Waals surface area contributed by atoms with Crippen LogP contribution in [-0.2, 0) is 14.3 Å². The molecule has 1 aliphatic heterocycles. The van der Waals surface area contributed by atoms with Crippen LogP contribution in [0.1, 0.15) is 30.6 Å². The van der Waals surface area contributed by atoms with Crippen LogP contribution in [0.2, 0.25) is 0 Å². The summed E-state index contributed by atoms with van der Waals surface area (Å²) in [6.45, 7) is 4.17. The van der Waals surface area contributed by atoms with Gasteiger partial charge < -0.3 is 20.3 Å². The Hall–Kier alpha value is -2.66. The van der Waals surface area contributed by atoms with Crippen molar-refractivity contribution in [3.05, 3.63) is 23.8 Å². The number of nitrogens with zero attached hydrogens (tertiary/aromatic N) is 2. The van der Waals surface area contributed by atoms with Crippen molar-refractivity contribution in [1.29, 1.82) is 0 Å². The number of ether oxygens (including phenoxy) is 1. The van der Waals surface area contributed by atoms with Crippen molar-refractivity contribution in [2.24, 2.45) is 0 Å². The number of alkyl halides is 3. The van der Waals surface area contributed by atoms with Gasteiger partial charge in [-0.1, -0.05) is 0 Å². The molecular weight excluding hydrogens is 417 g/mol. The normalized spacial score (nSPS) is 14.9. The van der Waals surface area contributed by atoms with Crippen molar-refractivity contribution in [2.45, 2.75) is 26.4 Å². The molecule has 31 heavy (non-hydrogen) atoms. The lowest BCUT2D eigenvalue weighted by atomic mass is 10.1. The van der Waals surface area contributed by atoms with Gasteiger partial charge in [0, 0.05) is 70.1 Å². The molecule has 11 heteroatoms. The molecule has 2 N–H and O–H groups in total. The Morgan fingerprint density at radius 2 is 1.52 bits per heavy atom. The highest BCUT2D eigenvalue weighted by Gasteiger charge is 2.27. The summed E-state index contributed by atoms with van der Waals surface area (Å²) in [5.74, 6) is -0.829. The first kappa shape index (κ1) is 24.6. The second kappa shape index (κ2) is 11.1. The monoisotopic (exact) mass is 444 g/mol. The number of halogens is 3. The number of anilines is 2.